The quantitative estimate of drug-likeness (QED) is 0.516. The van der Waals surface area contributed by atoms with Gasteiger partial charge >= 0.3 is 6.09 Å². The first-order valence-electron chi connectivity index (χ1n) is 10.0. The Hall–Kier alpha value is -3.40. The zero-order valence-electron chi connectivity index (χ0n) is 18.2. The molecule has 0 radical (unpaired) electrons. The van der Waals surface area contributed by atoms with Crippen LogP contribution in [0.2, 0.25) is 0 Å². The van der Waals surface area contributed by atoms with Gasteiger partial charge in [0.25, 0.3) is 0 Å². The highest BCUT2D eigenvalue weighted by atomic mass is 16.6. The van der Waals surface area contributed by atoms with E-state index in [9.17, 15) is 4.79 Å². The third-order valence-corrected chi connectivity index (χ3v) is 4.48. The summed E-state index contributed by atoms with van der Waals surface area (Å²) < 4.78 is 5.33. The summed E-state index contributed by atoms with van der Waals surface area (Å²) in [6.45, 7) is 9.77. The summed E-state index contributed by atoms with van der Waals surface area (Å²) >= 11 is 0. The van der Waals surface area contributed by atoms with E-state index in [4.69, 9.17) is 4.74 Å². The molecule has 3 aromatic rings. The maximum absolute atomic E-state index is 12.1. The van der Waals surface area contributed by atoms with Gasteiger partial charge in [0.1, 0.15) is 5.60 Å². The Labute approximate surface area is 178 Å². The number of hydrogen-bond donors (Lipinski definition) is 1. The van der Waals surface area contributed by atoms with E-state index >= 15 is 0 Å². The van der Waals surface area contributed by atoms with Crippen LogP contribution < -0.4 is 5.32 Å². The number of carbonyl (C=O) groups is 1. The molecule has 0 saturated carbocycles. The van der Waals surface area contributed by atoms with E-state index in [0.717, 1.165) is 22.3 Å². The van der Waals surface area contributed by atoms with E-state index in [1.807, 2.05) is 69.6 Å². The summed E-state index contributed by atoms with van der Waals surface area (Å²) in [4.78, 5) is 16.2. The molecule has 1 N–H and O–H groups in total. The highest BCUT2D eigenvalue weighted by Crippen LogP contribution is 2.29. The van der Waals surface area contributed by atoms with Crippen LogP contribution in [0.4, 0.5) is 10.5 Å². The average Bonchev–Trinajstić information content (AvgIpc) is 2.68. The molecule has 0 aliphatic heterocycles. The summed E-state index contributed by atoms with van der Waals surface area (Å²) in [5.74, 6) is 0. The maximum Gasteiger partial charge on any atom is 0.412 e. The minimum atomic E-state index is -0.533. The van der Waals surface area contributed by atoms with Gasteiger partial charge in [-0.2, -0.15) is 0 Å². The van der Waals surface area contributed by atoms with E-state index in [2.05, 4.69) is 48.4 Å². The second-order valence-corrected chi connectivity index (χ2v) is 8.40. The molecule has 0 fully saturated rings. The summed E-state index contributed by atoms with van der Waals surface area (Å²) in [5.41, 5.74) is 7.05. The van der Waals surface area contributed by atoms with E-state index in [1.165, 1.54) is 11.1 Å². The third-order valence-electron chi connectivity index (χ3n) is 4.48. The molecule has 1 aromatic heterocycles. The van der Waals surface area contributed by atoms with Crippen molar-refractivity contribution < 1.29 is 9.53 Å². The predicted octanol–water partition coefficient (Wildman–Crippen LogP) is 6.94. The van der Waals surface area contributed by atoms with Gasteiger partial charge in [0.15, 0.2) is 0 Å². The van der Waals surface area contributed by atoms with E-state index < -0.39 is 11.7 Å². The van der Waals surface area contributed by atoms with Gasteiger partial charge in [-0.3, -0.25) is 10.3 Å². The van der Waals surface area contributed by atoms with Crippen molar-refractivity contribution in [2.45, 2.75) is 40.2 Å². The lowest BCUT2D eigenvalue weighted by molar-refractivity contribution is 0.0636. The summed E-state index contributed by atoms with van der Waals surface area (Å²) in [5, 5.41) is 2.80. The molecule has 1 heterocycles. The molecule has 0 saturated heterocycles. The van der Waals surface area contributed by atoms with Crippen LogP contribution >= 0.6 is 0 Å². The number of nitrogens with one attached hydrogen (secondary N) is 1. The van der Waals surface area contributed by atoms with Crippen molar-refractivity contribution in [2.75, 3.05) is 5.32 Å². The number of ether oxygens (including phenoxy) is 1. The molecule has 0 bridgehead atoms. The van der Waals surface area contributed by atoms with E-state index in [1.54, 1.807) is 0 Å². The van der Waals surface area contributed by atoms with Crippen LogP contribution in [0.15, 0.2) is 78.6 Å². The smallest absolute Gasteiger partial charge is 0.412 e. The van der Waals surface area contributed by atoms with Crippen molar-refractivity contribution in [2.24, 2.45) is 0 Å². The molecule has 0 aliphatic rings. The number of benzene rings is 2. The largest absolute Gasteiger partial charge is 0.444 e. The Morgan fingerprint density at radius 3 is 2.10 bits per heavy atom. The number of hydrogen-bond acceptors (Lipinski definition) is 3. The number of amides is 1. The number of rotatable bonds is 4. The van der Waals surface area contributed by atoms with E-state index in [0.29, 0.717) is 5.69 Å². The predicted molar refractivity (Wildman–Crippen MR) is 123 cm³/mol. The standard InChI is InChI=1S/C26H28N2O2/c1-18(2)24(21-13-15-27-16-14-21)20-11-9-19(10-12-20)22-7-6-8-23(17-22)28-25(29)30-26(3,4)5/h6-17H,1-5H3,(H,28,29). The molecule has 1 amide bonds. The first-order valence-corrected chi connectivity index (χ1v) is 10.0. The number of aromatic nitrogens is 1. The van der Waals surface area contributed by atoms with Crippen molar-refractivity contribution in [3.05, 3.63) is 89.8 Å². The van der Waals surface area contributed by atoms with Crippen LogP contribution in [0.3, 0.4) is 0 Å². The highest BCUT2D eigenvalue weighted by molar-refractivity contribution is 5.86. The van der Waals surface area contributed by atoms with Crippen LogP contribution in [0, 0.1) is 0 Å². The summed E-state index contributed by atoms with van der Waals surface area (Å²) in [6.07, 6.45) is 3.17. The van der Waals surface area contributed by atoms with Crippen molar-refractivity contribution in [1.82, 2.24) is 4.98 Å². The van der Waals surface area contributed by atoms with Crippen molar-refractivity contribution in [3.8, 4) is 11.1 Å². The fourth-order valence-corrected chi connectivity index (χ4v) is 3.29. The van der Waals surface area contributed by atoms with Crippen LogP contribution in [-0.4, -0.2) is 16.7 Å². The third kappa shape index (κ3) is 5.57. The van der Waals surface area contributed by atoms with Crippen molar-refractivity contribution in [3.63, 3.8) is 0 Å². The monoisotopic (exact) mass is 400 g/mol. The minimum absolute atomic E-state index is 0.458. The average molecular weight is 401 g/mol. The molecule has 154 valence electrons. The highest BCUT2D eigenvalue weighted by Gasteiger charge is 2.16. The Balaban J connectivity index is 1.83. The van der Waals surface area contributed by atoms with Gasteiger partial charge in [-0.15, -0.1) is 0 Å². The van der Waals surface area contributed by atoms with Crippen LogP contribution in [-0.2, 0) is 4.74 Å². The number of allylic oxidation sites excluding steroid dienone is 1. The van der Waals surface area contributed by atoms with Gasteiger partial charge < -0.3 is 4.74 Å². The number of pyridine rings is 1. The molecular weight excluding hydrogens is 372 g/mol. The van der Waals surface area contributed by atoms with Gasteiger partial charge in [-0.25, -0.2) is 4.79 Å². The Bertz CT molecular complexity index is 1040. The molecule has 0 atom stereocenters. The lowest BCUT2D eigenvalue weighted by atomic mass is 9.93. The molecule has 0 spiro atoms. The number of anilines is 1. The van der Waals surface area contributed by atoms with Gasteiger partial charge in [-0.1, -0.05) is 42.0 Å². The maximum atomic E-state index is 12.1. The van der Waals surface area contributed by atoms with Crippen LogP contribution in [0.1, 0.15) is 45.7 Å². The fourth-order valence-electron chi connectivity index (χ4n) is 3.29. The van der Waals surface area contributed by atoms with Crippen molar-refractivity contribution >= 4 is 17.4 Å². The Morgan fingerprint density at radius 2 is 1.50 bits per heavy atom. The van der Waals surface area contributed by atoms with Crippen LogP contribution in [0.5, 0.6) is 0 Å². The SMILES string of the molecule is CC(C)=C(c1ccncc1)c1ccc(-c2cccc(NC(=O)OC(C)(C)C)c2)cc1. The lowest BCUT2D eigenvalue weighted by Gasteiger charge is -2.19. The summed E-state index contributed by atoms with van der Waals surface area (Å²) in [7, 11) is 0. The zero-order valence-corrected chi connectivity index (χ0v) is 18.2. The van der Waals surface area contributed by atoms with E-state index in [-0.39, 0.29) is 0 Å². The second-order valence-electron chi connectivity index (χ2n) is 8.40. The molecule has 3 rings (SSSR count). The molecular formula is C26H28N2O2. The molecule has 0 unspecified atom stereocenters. The topological polar surface area (TPSA) is 51.2 Å². The molecule has 4 nitrogen and oxygen atoms in total. The Kier molecular flexibility index (Phi) is 6.36. The van der Waals surface area contributed by atoms with Gasteiger partial charge in [0.2, 0.25) is 0 Å². The minimum Gasteiger partial charge on any atom is -0.444 e. The number of carbonyl (C=O) groups excluding carboxylic acids is 1. The van der Waals surface area contributed by atoms with Gasteiger partial charge in [0.05, 0.1) is 0 Å². The normalized spacial score (nSPS) is 11.0. The molecule has 2 aromatic carbocycles. The number of nitrogens with zero attached hydrogens (tertiary/aromatic N) is 1. The first-order chi connectivity index (χ1) is 14.2. The zero-order chi connectivity index (χ0) is 21.7. The fraction of sp³-hybridized carbons (Fsp3) is 0.231. The first kappa shape index (κ1) is 21.3. The molecule has 30 heavy (non-hydrogen) atoms. The van der Waals surface area contributed by atoms with Crippen molar-refractivity contribution in [1.29, 1.82) is 0 Å². The lowest BCUT2D eigenvalue weighted by Crippen LogP contribution is -2.27. The second kappa shape index (κ2) is 8.95. The van der Waals surface area contributed by atoms with Gasteiger partial charge in [-0.05, 0) is 86.7 Å². The van der Waals surface area contributed by atoms with Crippen LogP contribution in [0.25, 0.3) is 16.7 Å². The summed E-state index contributed by atoms with van der Waals surface area (Å²) in [6, 6.07) is 20.3. The molecule has 0 aliphatic carbocycles. The molecule has 4 heteroatoms. The Morgan fingerprint density at radius 1 is 0.867 bits per heavy atom. The van der Waals surface area contributed by atoms with Gasteiger partial charge in [0, 0.05) is 18.1 Å².